The van der Waals surface area contributed by atoms with Crippen molar-refractivity contribution in [2.45, 2.75) is 52.5 Å². The zero-order chi connectivity index (χ0) is 13.3. The maximum absolute atomic E-state index is 12.2. The van der Waals surface area contributed by atoms with E-state index in [1.165, 1.54) is 0 Å². The molecule has 102 valence electrons. The normalized spacial score (nSPS) is 27.4. The molecule has 2 aliphatic rings. The maximum Gasteiger partial charge on any atom is 0.229 e. The minimum Gasteiger partial charge on any atom is -0.317 e. The molecule has 0 aliphatic carbocycles. The van der Waals surface area contributed by atoms with Crippen LogP contribution in [0.4, 0.5) is 0 Å². The zero-order valence-corrected chi connectivity index (χ0v) is 11.7. The van der Waals surface area contributed by atoms with Crippen molar-refractivity contribution < 1.29 is 9.59 Å². The molecule has 2 saturated heterocycles. The Labute approximate surface area is 109 Å². The molecule has 0 radical (unpaired) electrons. The number of nitrogens with one attached hydrogen (secondary N) is 1. The van der Waals surface area contributed by atoms with Crippen LogP contribution in [-0.4, -0.2) is 35.8 Å². The minimum absolute atomic E-state index is 0.0160. The van der Waals surface area contributed by atoms with Crippen LogP contribution >= 0.6 is 0 Å². The summed E-state index contributed by atoms with van der Waals surface area (Å²) in [4.78, 5) is 25.9. The Bertz CT molecular complexity index is 326. The first-order chi connectivity index (χ1) is 8.41. The van der Waals surface area contributed by atoms with E-state index in [-0.39, 0.29) is 23.3 Å². The fraction of sp³-hybridized carbons (Fsp3) is 0.857. The van der Waals surface area contributed by atoms with Crippen LogP contribution in [0, 0.1) is 11.3 Å². The Morgan fingerprint density at radius 2 is 1.67 bits per heavy atom. The van der Waals surface area contributed by atoms with Crippen molar-refractivity contribution in [3.63, 3.8) is 0 Å². The third-order valence-electron chi connectivity index (χ3n) is 4.27. The molecule has 2 amide bonds. The zero-order valence-electron chi connectivity index (χ0n) is 11.7. The van der Waals surface area contributed by atoms with Crippen molar-refractivity contribution in [3.05, 3.63) is 0 Å². The van der Waals surface area contributed by atoms with E-state index in [4.69, 9.17) is 0 Å². The third-order valence-corrected chi connectivity index (χ3v) is 4.27. The van der Waals surface area contributed by atoms with E-state index in [0.717, 1.165) is 25.9 Å². The Kier molecular flexibility index (Phi) is 3.76. The second kappa shape index (κ2) is 5.00. The minimum atomic E-state index is -0.168. The van der Waals surface area contributed by atoms with Crippen molar-refractivity contribution in [1.29, 1.82) is 0 Å². The third kappa shape index (κ3) is 2.74. The molecule has 0 aromatic rings. The van der Waals surface area contributed by atoms with Crippen LogP contribution < -0.4 is 5.32 Å². The monoisotopic (exact) mass is 252 g/mol. The summed E-state index contributed by atoms with van der Waals surface area (Å²) in [6, 6.07) is 0.0585. The van der Waals surface area contributed by atoms with E-state index >= 15 is 0 Å². The highest BCUT2D eigenvalue weighted by atomic mass is 16.2. The first kappa shape index (κ1) is 13.5. The highest BCUT2D eigenvalue weighted by Crippen LogP contribution is 2.34. The van der Waals surface area contributed by atoms with Crippen LogP contribution in [0.1, 0.15) is 46.5 Å². The summed E-state index contributed by atoms with van der Waals surface area (Å²) in [5, 5.41) is 3.32. The van der Waals surface area contributed by atoms with Gasteiger partial charge in [0.1, 0.15) is 0 Å². The topological polar surface area (TPSA) is 49.4 Å². The summed E-state index contributed by atoms with van der Waals surface area (Å²) < 4.78 is 0. The number of hydrogen-bond acceptors (Lipinski definition) is 3. The average molecular weight is 252 g/mol. The molecular weight excluding hydrogens is 228 g/mol. The van der Waals surface area contributed by atoms with Gasteiger partial charge in [0.2, 0.25) is 11.8 Å². The highest BCUT2D eigenvalue weighted by Gasteiger charge is 2.41. The lowest BCUT2D eigenvalue weighted by atomic mass is 9.80. The molecule has 1 atom stereocenters. The van der Waals surface area contributed by atoms with Crippen molar-refractivity contribution in [2.24, 2.45) is 11.3 Å². The van der Waals surface area contributed by atoms with Gasteiger partial charge in [0.15, 0.2) is 0 Å². The Morgan fingerprint density at radius 3 is 2.17 bits per heavy atom. The molecule has 0 bridgehead atoms. The van der Waals surface area contributed by atoms with E-state index in [1.54, 1.807) is 4.90 Å². The molecule has 0 aromatic heterocycles. The maximum atomic E-state index is 12.2. The highest BCUT2D eigenvalue weighted by molar-refractivity contribution is 5.98. The first-order valence-electron chi connectivity index (χ1n) is 6.96. The lowest BCUT2D eigenvalue weighted by molar-refractivity contribution is -0.156. The summed E-state index contributed by atoms with van der Waals surface area (Å²) in [7, 11) is 0. The number of amides is 2. The molecule has 0 saturated carbocycles. The number of hydrogen-bond donors (Lipinski definition) is 1. The van der Waals surface area contributed by atoms with E-state index in [9.17, 15) is 9.59 Å². The van der Waals surface area contributed by atoms with Gasteiger partial charge in [0.25, 0.3) is 0 Å². The molecule has 0 aromatic carbocycles. The predicted octanol–water partition coefficient (Wildman–Crippen LogP) is 1.55. The average Bonchev–Trinajstić information content (AvgIpc) is 2.27. The van der Waals surface area contributed by atoms with Gasteiger partial charge in [0.05, 0.1) is 0 Å². The molecule has 4 nitrogen and oxygen atoms in total. The molecule has 18 heavy (non-hydrogen) atoms. The van der Waals surface area contributed by atoms with Crippen molar-refractivity contribution >= 4 is 11.8 Å². The number of rotatable bonds is 2. The molecule has 0 spiro atoms. The van der Waals surface area contributed by atoms with Gasteiger partial charge in [0, 0.05) is 18.9 Å². The quantitative estimate of drug-likeness (QED) is 0.759. The van der Waals surface area contributed by atoms with E-state index in [2.05, 4.69) is 5.32 Å². The number of likely N-dealkylation sites (tertiary alicyclic amines) is 1. The number of carbonyl (C=O) groups excluding carboxylic acids is 2. The fourth-order valence-corrected chi connectivity index (χ4v) is 3.18. The molecule has 2 rings (SSSR count). The standard InChI is InChI=1S/C14H24N2O2/c1-10(11-4-6-15-7-5-11)16-12(17)8-14(2,3)9-13(16)18/h10-11,15H,4-9H2,1-3H3. The Morgan fingerprint density at radius 1 is 1.17 bits per heavy atom. The summed E-state index contributed by atoms with van der Waals surface area (Å²) in [5.74, 6) is 0.491. The SMILES string of the molecule is CC(C1CCNCC1)N1C(=O)CC(C)(C)CC1=O. The van der Waals surface area contributed by atoms with Crippen LogP contribution in [-0.2, 0) is 9.59 Å². The van der Waals surface area contributed by atoms with Gasteiger partial charge in [-0.1, -0.05) is 13.8 Å². The van der Waals surface area contributed by atoms with Crippen LogP contribution in [0.15, 0.2) is 0 Å². The van der Waals surface area contributed by atoms with Crippen LogP contribution in [0.5, 0.6) is 0 Å². The predicted molar refractivity (Wildman–Crippen MR) is 69.9 cm³/mol. The van der Waals surface area contributed by atoms with E-state index in [0.29, 0.717) is 18.8 Å². The van der Waals surface area contributed by atoms with Crippen LogP contribution in [0.25, 0.3) is 0 Å². The molecule has 4 heteroatoms. The first-order valence-corrected chi connectivity index (χ1v) is 6.96. The van der Waals surface area contributed by atoms with Crippen LogP contribution in [0.3, 0.4) is 0 Å². The van der Waals surface area contributed by atoms with Crippen molar-refractivity contribution in [2.75, 3.05) is 13.1 Å². The second-order valence-electron chi connectivity index (χ2n) is 6.50. The van der Waals surface area contributed by atoms with E-state index in [1.807, 2.05) is 20.8 Å². The van der Waals surface area contributed by atoms with Gasteiger partial charge in [-0.05, 0) is 44.2 Å². The van der Waals surface area contributed by atoms with Gasteiger partial charge in [-0.15, -0.1) is 0 Å². The lowest BCUT2D eigenvalue weighted by Gasteiger charge is -2.41. The summed E-state index contributed by atoms with van der Waals surface area (Å²) >= 11 is 0. The number of piperidine rings is 2. The number of imide groups is 1. The number of nitrogens with zero attached hydrogens (tertiary/aromatic N) is 1. The molecule has 2 heterocycles. The molecule has 1 unspecified atom stereocenters. The van der Waals surface area contributed by atoms with Gasteiger partial charge < -0.3 is 5.32 Å². The molecular formula is C14H24N2O2. The van der Waals surface area contributed by atoms with Gasteiger partial charge in [-0.25, -0.2) is 0 Å². The van der Waals surface area contributed by atoms with Gasteiger partial charge in [-0.2, -0.15) is 0 Å². The van der Waals surface area contributed by atoms with Crippen molar-refractivity contribution in [1.82, 2.24) is 10.2 Å². The number of carbonyl (C=O) groups is 2. The van der Waals surface area contributed by atoms with Crippen LogP contribution in [0.2, 0.25) is 0 Å². The summed E-state index contributed by atoms with van der Waals surface area (Å²) in [5.41, 5.74) is -0.168. The molecule has 2 fully saturated rings. The second-order valence-corrected chi connectivity index (χ2v) is 6.50. The molecule has 1 N–H and O–H groups in total. The summed E-state index contributed by atoms with van der Waals surface area (Å²) in [6.07, 6.45) is 3.10. The molecule has 2 aliphatic heterocycles. The van der Waals surface area contributed by atoms with E-state index < -0.39 is 0 Å². The largest absolute Gasteiger partial charge is 0.317 e. The fourth-order valence-electron chi connectivity index (χ4n) is 3.18. The van der Waals surface area contributed by atoms with Gasteiger partial charge in [-0.3, -0.25) is 14.5 Å². The van der Waals surface area contributed by atoms with Gasteiger partial charge >= 0.3 is 0 Å². The lowest BCUT2D eigenvalue weighted by Crippen LogP contribution is -2.53. The van der Waals surface area contributed by atoms with Crippen molar-refractivity contribution in [3.8, 4) is 0 Å². The Hall–Kier alpha value is -0.900. The smallest absolute Gasteiger partial charge is 0.229 e. The Balaban J connectivity index is 2.07. The summed E-state index contributed by atoms with van der Waals surface area (Å²) in [6.45, 7) is 8.02.